The van der Waals surface area contributed by atoms with Gasteiger partial charge in [-0.2, -0.15) is 0 Å². The summed E-state index contributed by atoms with van der Waals surface area (Å²) in [6, 6.07) is 3.84. The molecule has 1 N–H and O–H groups in total. The summed E-state index contributed by atoms with van der Waals surface area (Å²) in [5, 5.41) is 4.02. The number of rotatable bonds is 4. The average Bonchev–Trinajstić information content (AvgIpc) is 2.77. The van der Waals surface area contributed by atoms with Gasteiger partial charge in [0.1, 0.15) is 10.1 Å². The van der Waals surface area contributed by atoms with Gasteiger partial charge in [-0.05, 0) is 12.1 Å². The van der Waals surface area contributed by atoms with Gasteiger partial charge < -0.3 is 9.73 Å². The normalized spacial score (nSPS) is 10.4. The standard InChI is InChI=1S/C9H9ClN2OS/c10-8-6-12-9(14-8)11-4-3-7-2-1-5-13-7/h1-2,5-6H,3-4H2,(H,11,12). The summed E-state index contributed by atoms with van der Waals surface area (Å²) in [5.74, 6) is 0.972. The van der Waals surface area contributed by atoms with Crippen molar-refractivity contribution in [1.29, 1.82) is 0 Å². The van der Waals surface area contributed by atoms with Gasteiger partial charge in [-0.1, -0.05) is 22.9 Å². The van der Waals surface area contributed by atoms with Gasteiger partial charge in [0.15, 0.2) is 5.13 Å². The molecule has 0 spiro atoms. The van der Waals surface area contributed by atoms with Crippen LogP contribution in [0.4, 0.5) is 5.13 Å². The zero-order valence-electron chi connectivity index (χ0n) is 7.37. The first-order valence-electron chi connectivity index (χ1n) is 4.22. The van der Waals surface area contributed by atoms with Gasteiger partial charge in [0.2, 0.25) is 0 Å². The number of anilines is 1. The van der Waals surface area contributed by atoms with Gasteiger partial charge in [0, 0.05) is 13.0 Å². The molecule has 2 aromatic heterocycles. The molecule has 0 aliphatic heterocycles. The summed E-state index contributed by atoms with van der Waals surface area (Å²) in [7, 11) is 0. The Balaban J connectivity index is 1.78. The molecule has 0 unspecified atom stereocenters. The lowest BCUT2D eigenvalue weighted by atomic mass is 10.3. The molecule has 0 aliphatic carbocycles. The fraction of sp³-hybridized carbons (Fsp3) is 0.222. The lowest BCUT2D eigenvalue weighted by molar-refractivity contribution is 0.513. The number of hydrogen-bond acceptors (Lipinski definition) is 4. The lowest BCUT2D eigenvalue weighted by Gasteiger charge is -1.99. The van der Waals surface area contributed by atoms with Gasteiger partial charge >= 0.3 is 0 Å². The van der Waals surface area contributed by atoms with E-state index in [4.69, 9.17) is 16.0 Å². The first kappa shape index (κ1) is 9.55. The molecule has 0 saturated carbocycles. The first-order valence-corrected chi connectivity index (χ1v) is 5.41. The van der Waals surface area contributed by atoms with E-state index < -0.39 is 0 Å². The maximum Gasteiger partial charge on any atom is 0.184 e. The Morgan fingerprint density at radius 2 is 2.50 bits per heavy atom. The SMILES string of the molecule is Clc1cnc(NCCc2ccco2)s1. The fourth-order valence-electron chi connectivity index (χ4n) is 1.08. The van der Waals surface area contributed by atoms with Gasteiger partial charge in [-0.3, -0.25) is 0 Å². The molecule has 74 valence electrons. The van der Waals surface area contributed by atoms with E-state index in [-0.39, 0.29) is 0 Å². The molecule has 2 aromatic rings. The van der Waals surface area contributed by atoms with Crippen LogP contribution in [0.25, 0.3) is 0 Å². The monoisotopic (exact) mass is 228 g/mol. The van der Waals surface area contributed by atoms with E-state index in [0.29, 0.717) is 4.34 Å². The molecule has 3 nitrogen and oxygen atoms in total. The molecule has 0 radical (unpaired) electrons. The molecule has 0 fully saturated rings. The average molecular weight is 229 g/mol. The molecule has 0 atom stereocenters. The van der Waals surface area contributed by atoms with Crippen LogP contribution in [0.3, 0.4) is 0 Å². The number of halogens is 1. The molecule has 2 rings (SSSR count). The second kappa shape index (κ2) is 4.48. The van der Waals surface area contributed by atoms with Crippen LogP contribution >= 0.6 is 22.9 Å². The van der Waals surface area contributed by atoms with Crippen molar-refractivity contribution in [1.82, 2.24) is 4.98 Å². The van der Waals surface area contributed by atoms with Crippen LogP contribution < -0.4 is 5.32 Å². The Morgan fingerprint density at radius 1 is 1.57 bits per heavy atom. The third-order valence-corrected chi connectivity index (χ3v) is 2.78. The van der Waals surface area contributed by atoms with Crippen LogP contribution in [0, 0.1) is 0 Å². The van der Waals surface area contributed by atoms with Crippen LogP contribution in [0.15, 0.2) is 29.0 Å². The summed E-state index contributed by atoms with van der Waals surface area (Å²) < 4.78 is 5.89. The number of furan rings is 1. The van der Waals surface area contributed by atoms with E-state index in [1.54, 1.807) is 12.5 Å². The smallest absolute Gasteiger partial charge is 0.184 e. The second-order valence-electron chi connectivity index (χ2n) is 2.73. The Labute approximate surface area is 90.7 Å². The first-order chi connectivity index (χ1) is 6.84. The molecule has 0 aromatic carbocycles. The number of hydrogen-bond donors (Lipinski definition) is 1. The van der Waals surface area contributed by atoms with Gasteiger partial charge in [-0.15, -0.1) is 0 Å². The second-order valence-corrected chi connectivity index (χ2v) is 4.39. The van der Waals surface area contributed by atoms with E-state index >= 15 is 0 Å². The Morgan fingerprint density at radius 3 is 3.14 bits per heavy atom. The van der Waals surface area contributed by atoms with Crippen molar-refractivity contribution in [2.75, 3.05) is 11.9 Å². The number of nitrogens with one attached hydrogen (secondary N) is 1. The number of aromatic nitrogens is 1. The van der Waals surface area contributed by atoms with Crippen molar-refractivity contribution in [2.45, 2.75) is 6.42 Å². The number of nitrogens with zero attached hydrogens (tertiary/aromatic N) is 1. The Kier molecular flexibility index (Phi) is 3.06. The van der Waals surface area contributed by atoms with E-state index in [1.807, 2.05) is 12.1 Å². The zero-order valence-corrected chi connectivity index (χ0v) is 8.94. The largest absolute Gasteiger partial charge is 0.469 e. The van der Waals surface area contributed by atoms with E-state index in [2.05, 4.69) is 10.3 Å². The maximum atomic E-state index is 5.74. The van der Waals surface area contributed by atoms with Crippen molar-refractivity contribution in [3.05, 3.63) is 34.7 Å². The minimum Gasteiger partial charge on any atom is -0.469 e. The summed E-state index contributed by atoms with van der Waals surface area (Å²) in [4.78, 5) is 4.08. The fourth-order valence-corrected chi connectivity index (χ4v) is 1.92. The predicted octanol–water partition coefficient (Wildman–Crippen LogP) is 3.04. The molecule has 2 heterocycles. The highest BCUT2D eigenvalue weighted by Crippen LogP contribution is 2.22. The summed E-state index contributed by atoms with van der Waals surface area (Å²) in [5.41, 5.74) is 0. The molecule has 14 heavy (non-hydrogen) atoms. The Bertz CT molecular complexity index is 385. The van der Waals surface area contributed by atoms with E-state index in [9.17, 15) is 0 Å². The quantitative estimate of drug-likeness (QED) is 0.874. The third-order valence-electron chi connectivity index (χ3n) is 1.71. The van der Waals surface area contributed by atoms with Crippen LogP contribution in [0.5, 0.6) is 0 Å². The van der Waals surface area contributed by atoms with Crippen molar-refractivity contribution >= 4 is 28.1 Å². The Hall–Kier alpha value is -1.00. The van der Waals surface area contributed by atoms with Crippen LogP contribution in [-0.2, 0) is 6.42 Å². The predicted molar refractivity (Wildman–Crippen MR) is 58.0 cm³/mol. The maximum absolute atomic E-state index is 5.74. The summed E-state index contributed by atoms with van der Waals surface area (Å²) in [6.45, 7) is 0.803. The highest BCUT2D eigenvalue weighted by molar-refractivity contribution is 7.19. The highest BCUT2D eigenvalue weighted by Gasteiger charge is 1.99. The minimum absolute atomic E-state index is 0.700. The zero-order chi connectivity index (χ0) is 9.80. The van der Waals surface area contributed by atoms with Crippen LogP contribution in [-0.4, -0.2) is 11.5 Å². The van der Waals surface area contributed by atoms with Crippen molar-refractivity contribution in [3.63, 3.8) is 0 Å². The minimum atomic E-state index is 0.700. The van der Waals surface area contributed by atoms with Crippen LogP contribution in [0.1, 0.15) is 5.76 Å². The van der Waals surface area contributed by atoms with Crippen LogP contribution in [0.2, 0.25) is 4.34 Å². The molecule has 0 amide bonds. The van der Waals surface area contributed by atoms with Gasteiger partial charge in [-0.25, -0.2) is 4.98 Å². The molecule has 0 aliphatic rings. The van der Waals surface area contributed by atoms with Crippen molar-refractivity contribution in [2.24, 2.45) is 0 Å². The third kappa shape index (κ3) is 2.49. The van der Waals surface area contributed by atoms with Crippen molar-refractivity contribution in [3.8, 4) is 0 Å². The number of thiazole rings is 1. The van der Waals surface area contributed by atoms with E-state index in [1.165, 1.54) is 11.3 Å². The molecular weight excluding hydrogens is 220 g/mol. The summed E-state index contributed by atoms with van der Waals surface area (Å²) >= 11 is 7.17. The molecule has 0 bridgehead atoms. The highest BCUT2D eigenvalue weighted by atomic mass is 35.5. The molecule has 0 saturated heterocycles. The van der Waals surface area contributed by atoms with Crippen molar-refractivity contribution < 1.29 is 4.42 Å². The van der Waals surface area contributed by atoms with Gasteiger partial charge in [0.25, 0.3) is 0 Å². The summed E-state index contributed by atoms with van der Waals surface area (Å²) in [6.07, 6.45) is 4.17. The lowest BCUT2D eigenvalue weighted by Crippen LogP contribution is -2.03. The van der Waals surface area contributed by atoms with E-state index in [0.717, 1.165) is 23.9 Å². The topological polar surface area (TPSA) is 38.1 Å². The molecule has 5 heteroatoms. The molecular formula is C9H9ClN2OS. The van der Waals surface area contributed by atoms with Gasteiger partial charge in [0.05, 0.1) is 12.5 Å².